The lowest BCUT2D eigenvalue weighted by atomic mass is 10.1. The van der Waals surface area contributed by atoms with Gasteiger partial charge in [0, 0.05) is 0 Å². The minimum atomic E-state index is -3.22. The lowest BCUT2D eigenvalue weighted by Crippen LogP contribution is -2.33. The topological polar surface area (TPSA) is 34.1 Å². The third-order valence-corrected chi connectivity index (χ3v) is 6.24. The van der Waals surface area contributed by atoms with Crippen molar-refractivity contribution in [1.82, 2.24) is 0 Å². The van der Waals surface area contributed by atoms with E-state index in [1.807, 2.05) is 39.8 Å². The van der Waals surface area contributed by atoms with E-state index in [1.165, 1.54) is 0 Å². The van der Waals surface area contributed by atoms with Gasteiger partial charge in [-0.15, -0.1) is 0 Å². The number of hydrogen-bond donors (Lipinski definition) is 0. The highest BCUT2D eigenvalue weighted by Gasteiger charge is 2.36. The van der Waals surface area contributed by atoms with Crippen LogP contribution < -0.4 is 0 Å². The zero-order valence-corrected chi connectivity index (χ0v) is 11.3. The maximum absolute atomic E-state index is 12.4. The smallest absolute Gasteiger partial charge is 0.183 e. The van der Waals surface area contributed by atoms with E-state index in [9.17, 15) is 8.42 Å². The monoisotopic (exact) mass is 240 g/mol. The zero-order chi connectivity index (χ0) is 12.4. The van der Waals surface area contributed by atoms with E-state index in [1.54, 1.807) is 12.1 Å². The average molecular weight is 240 g/mol. The first-order valence-electron chi connectivity index (χ1n) is 5.68. The second-order valence-corrected chi connectivity index (χ2v) is 6.94. The lowest BCUT2D eigenvalue weighted by molar-refractivity contribution is 0.507. The van der Waals surface area contributed by atoms with Crippen LogP contribution in [0.1, 0.15) is 39.2 Å². The molecule has 0 aromatic heterocycles. The normalized spacial score (nSPS) is 12.8. The van der Waals surface area contributed by atoms with Crippen LogP contribution in [-0.4, -0.2) is 13.2 Å². The highest BCUT2D eigenvalue weighted by Crippen LogP contribution is 2.31. The van der Waals surface area contributed by atoms with Crippen molar-refractivity contribution < 1.29 is 8.42 Å². The summed E-state index contributed by atoms with van der Waals surface area (Å²) in [5.74, 6) is 0. The third kappa shape index (κ3) is 2.14. The van der Waals surface area contributed by atoms with Crippen LogP contribution in [0.15, 0.2) is 29.2 Å². The molecule has 0 amide bonds. The fraction of sp³-hybridized carbons (Fsp3) is 0.538. The predicted molar refractivity (Wildman–Crippen MR) is 67.4 cm³/mol. The highest BCUT2D eigenvalue weighted by molar-refractivity contribution is 7.92. The molecule has 0 N–H and O–H groups in total. The number of rotatable bonds is 4. The van der Waals surface area contributed by atoms with Gasteiger partial charge >= 0.3 is 0 Å². The molecule has 0 saturated heterocycles. The molecule has 0 bridgehead atoms. The molecule has 0 aliphatic rings. The number of hydrogen-bond acceptors (Lipinski definition) is 2. The Balaban J connectivity index is 3.26. The van der Waals surface area contributed by atoms with Crippen molar-refractivity contribution >= 4 is 9.84 Å². The highest BCUT2D eigenvalue weighted by atomic mass is 32.2. The Morgan fingerprint density at radius 1 is 1.06 bits per heavy atom. The van der Waals surface area contributed by atoms with Crippen LogP contribution in [-0.2, 0) is 9.84 Å². The maximum atomic E-state index is 12.4. The summed E-state index contributed by atoms with van der Waals surface area (Å²) in [5, 5.41) is 0. The molecule has 0 aliphatic heterocycles. The van der Waals surface area contributed by atoms with Crippen LogP contribution in [0.25, 0.3) is 0 Å². The summed E-state index contributed by atoms with van der Waals surface area (Å²) in [6, 6.07) is 7.10. The van der Waals surface area contributed by atoms with Gasteiger partial charge < -0.3 is 0 Å². The van der Waals surface area contributed by atoms with Crippen LogP contribution in [0.3, 0.4) is 0 Å². The Labute approximate surface area is 98.6 Å². The molecule has 3 heteroatoms. The van der Waals surface area contributed by atoms with Gasteiger partial charge in [-0.2, -0.15) is 0 Å². The first-order chi connectivity index (χ1) is 7.37. The summed E-state index contributed by atoms with van der Waals surface area (Å²) in [6.07, 6.45) is 1.28. The summed E-state index contributed by atoms with van der Waals surface area (Å²) in [4.78, 5) is 0.435. The van der Waals surface area contributed by atoms with Crippen molar-refractivity contribution in [3.05, 3.63) is 29.8 Å². The van der Waals surface area contributed by atoms with E-state index in [2.05, 4.69) is 0 Å². The van der Waals surface area contributed by atoms with Crippen LogP contribution in [0.2, 0.25) is 0 Å². The molecule has 0 saturated carbocycles. The summed E-state index contributed by atoms with van der Waals surface area (Å²) < 4.78 is 24.2. The molecule has 0 fully saturated rings. The molecule has 0 atom stereocenters. The van der Waals surface area contributed by atoms with E-state index in [4.69, 9.17) is 0 Å². The van der Waals surface area contributed by atoms with Crippen LogP contribution in [0.5, 0.6) is 0 Å². The molecular weight excluding hydrogens is 220 g/mol. The summed E-state index contributed by atoms with van der Waals surface area (Å²) in [6.45, 7) is 7.63. The molecule has 0 radical (unpaired) electrons. The van der Waals surface area contributed by atoms with E-state index >= 15 is 0 Å². The third-order valence-electron chi connectivity index (χ3n) is 3.48. The van der Waals surface area contributed by atoms with Gasteiger partial charge in [0.05, 0.1) is 9.64 Å². The van der Waals surface area contributed by atoms with Crippen LogP contribution in [0.4, 0.5) is 0 Å². The van der Waals surface area contributed by atoms with Gasteiger partial charge in [0.1, 0.15) is 0 Å². The van der Waals surface area contributed by atoms with Crippen LogP contribution in [0, 0.1) is 6.92 Å². The Hall–Kier alpha value is -0.830. The van der Waals surface area contributed by atoms with E-state index in [0.29, 0.717) is 17.7 Å². The fourth-order valence-electron chi connectivity index (χ4n) is 1.63. The molecular formula is C13H20O2S. The van der Waals surface area contributed by atoms with E-state index < -0.39 is 14.6 Å². The SMILES string of the molecule is CCC(C)(CC)S(=O)(=O)c1ccc(C)cc1. The summed E-state index contributed by atoms with van der Waals surface area (Å²) in [5.41, 5.74) is 1.08. The predicted octanol–water partition coefficient (Wildman–Crippen LogP) is 3.35. The minimum Gasteiger partial charge on any atom is -0.223 e. The average Bonchev–Trinajstić information content (AvgIpc) is 2.28. The number of benzene rings is 1. The van der Waals surface area contributed by atoms with Crippen molar-refractivity contribution in [2.45, 2.75) is 50.2 Å². The van der Waals surface area contributed by atoms with Crippen LogP contribution >= 0.6 is 0 Å². The standard InChI is InChI=1S/C13H20O2S/c1-5-13(4,6-2)16(14,15)12-9-7-11(3)8-10-12/h7-10H,5-6H2,1-4H3. The molecule has 1 rings (SSSR count). The van der Waals surface area contributed by atoms with Gasteiger partial charge in [-0.3, -0.25) is 0 Å². The summed E-state index contributed by atoms with van der Waals surface area (Å²) in [7, 11) is -3.22. The Bertz CT molecular complexity index is 439. The molecule has 0 heterocycles. The first-order valence-corrected chi connectivity index (χ1v) is 7.17. The molecule has 0 aliphatic carbocycles. The lowest BCUT2D eigenvalue weighted by Gasteiger charge is -2.26. The molecule has 90 valence electrons. The maximum Gasteiger partial charge on any atom is 0.183 e. The van der Waals surface area contributed by atoms with Crippen molar-refractivity contribution in [3.8, 4) is 0 Å². The van der Waals surface area contributed by atoms with Crippen molar-refractivity contribution in [2.24, 2.45) is 0 Å². The quantitative estimate of drug-likeness (QED) is 0.808. The Morgan fingerprint density at radius 2 is 1.50 bits per heavy atom. The van der Waals surface area contributed by atoms with Gasteiger partial charge in [0.2, 0.25) is 0 Å². The largest absolute Gasteiger partial charge is 0.223 e. The van der Waals surface area contributed by atoms with Gasteiger partial charge in [0.25, 0.3) is 0 Å². The van der Waals surface area contributed by atoms with E-state index in [-0.39, 0.29) is 0 Å². The minimum absolute atomic E-state index is 0.435. The number of sulfone groups is 1. The van der Waals surface area contributed by atoms with Gasteiger partial charge in [-0.1, -0.05) is 31.5 Å². The Morgan fingerprint density at radius 3 is 1.88 bits per heavy atom. The molecule has 1 aromatic carbocycles. The first kappa shape index (κ1) is 13.2. The number of aryl methyl sites for hydroxylation is 1. The van der Waals surface area contributed by atoms with Gasteiger partial charge in [-0.25, -0.2) is 8.42 Å². The molecule has 2 nitrogen and oxygen atoms in total. The van der Waals surface area contributed by atoms with Crippen molar-refractivity contribution in [3.63, 3.8) is 0 Å². The fourth-order valence-corrected chi connectivity index (χ4v) is 3.46. The molecule has 16 heavy (non-hydrogen) atoms. The Kier molecular flexibility index (Phi) is 3.79. The van der Waals surface area contributed by atoms with Gasteiger partial charge in [0.15, 0.2) is 9.84 Å². The second-order valence-electron chi connectivity index (χ2n) is 4.47. The zero-order valence-electron chi connectivity index (χ0n) is 10.4. The molecule has 1 aromatic rings. The summed E-state index contributed by atoms with van der Waals surface area (Å²) >= 11 is 0. The molecule has 0 unspecified atom stereocenters. The van der Waals surface area contributed by atoms with Gasteiger partial charge in [-0.05, 0) is 38.8 Å². The molecule has 0 spiro atoms. The van der Waals surface area contributed by atoms with E-state index in [0.717, 1.165) is 5.56 Å². The van der Waals surface area contributed by atoms with Crippen molar-refractivity contribution in [1.29, 1.82) is 0 Å². The second kappa shape index (κ2) is 4.58. The van der Waals surface area contributed by atoms with Crippen molar-refractivity contribution in [2.75, 3.05) is 0 Å².